The Bertz CT molecular complexity index is 1260. The van der Waals surface area contributed by atoms with Gasteiger partial charge in [-0.05, 0) is 70.5 Å². The highest BCUT2D eigenvalue weighted by molar-refractivity contribution is 5.91. The van der Waals surface area contributed by atoms with Gasteiger partial charge >= 0.3 is 0 Å². The van der Waals surface area contributed by atoms with E-state index in [4.69, 9.17) is 4.52 Å². The molecule has 0 aliphatic carbocycles. The molecule has 4 rings (SSSR count). The van der Waals surface area contributed by atoms with Crippen molar-refractivity contribution >= 4 is 34.7 Å². The molecule has 2 aromatic heterocycles. The molecule has 0 aliphatic heterocycles. The lowest BCUT2D eigenvalue weighted by atomic mass is 10.1. The molecule has 174 valence electrons. The number of nitrogens with one attached hydrogen (secondary N) is 3. The standard InChI is InChI=1S/C26H28N6O2/c1-16-5-7-22(8-6-16)30-26-27-17(2)15-24(31-26)28-20-9-11-21(12-10-20)29-25(33)14-13-23-18(3)32-34-19(23)4/h5-12,15H,13-14H2,1-4H3,(H,29,33)(H2,27,28,30,31). The normalized spacial score (nSPS) is 10.7. The number of aryl methyl sites for hydroxylation is 4. The summed E-state index contributed by atoms with van der Waals surface area (Å²) in [7, 11) is 0. The Morgan fingerprint density at radius 2 is 1.50 bits per heavy atom. The van der Waals surface area contributed by atoms with Gasteiger partial charge in [0.2, 0.25) is 11.9 Å². The number of hydrogen-bond acceptors (Lipinski definition) is 7. The van der Waals surface area contributed by atoms with Crippen molar-refractivity contribution in [2.75, 3.05) is 16.0 Å². The molecular formula is C26H28N6O2. The van der Waals surface area contributed by atoms with Gasteiger partial charge in [-0.2, -0.15) is 4.98 Å². The number of rotatable bonds is 8. The van der Waals surface area contributed by atoms with E-state index < -0.39 is 0 Å². The van der Waals surface area contributed by atoms with E-state index in [0.717, 1.165) is 39.8 Å². The summed E-state index contributed by atoms with van der Waals surface area (Å²) in [6.45, 7) is 7.72. The third-order valence-corrected chi connectivity index (χ3v) is 5.39. The maximum Gasteiger partial charge on any atom is 0.229 e. The van der Waals surface area contributed by atoms with Gasteiger partial charge in [0.25, 0.3) is 0 Å². The summed E-state index contributed by atoms with van der Waals surface area (Å²) < 4.78 is 5.15. The van der Waals surface area contributed by atoms with Crippen LogP contribution in [-0.4, -0.2) is 21.0 Å². The summed E-state index contributed by atoms with van der Waals surface area (Å²) in [6, 6.07) is 17.5. The number of nitrogens with zero attached hydrogens (tertiary/aromatic N) is 3. The average Bonchev–Trinajstić information content (AvgIpc) is 3.12. The molecule has 0 aliphatic rings. The zero-order valence-corrected chi connectivity index (χ0v) is 19.8. The Balaban J connectivity index is 1.35. The molecule has 0 saturated heterocycles. The molecule has 8 nitrogen and oxygen atoms in total. The zero-order chi connectivity index (χ0) is 24.1. The largest absolute Gasteiger partial charge is 0.361 e. The monoisotopic (exact) mass is 456 g/mol. The lowest BCUT2D eigenvalue weighted by Gasteiger charge is -2.11. The van der Waals surface area contributed by atoms with E-state index in [1.807, 2.05) is 82.3 Å². The van der Waals surface area contributed by atoms with Crippen molar-refractivity contribution in [3.8, 4) is 0 Å². The third kappa shape index (κ3) is 5.98. The van der Waals surface area contributed by atoms with Crippen LogP contribution in [0.25, 0.3) is 0 Å². The smallest absolute Gasteiger partial charge is 0.229 e. The van der Waals surface area contributed by atoms with Crippen LogP contribution in [0.4, 0.5) is 28.8 Å². The van der Waals surface area contributed by atoms with Crippen LogP contribution in [0.2, 0.25) is 0 Å². The summed E-state index contributed by atoms with van der Waals surface area (Å²) in [5, 5.41) is 13.4. The van der Waals surface area contributed by atoms with Gasteiger partial charge in [-0.3, -0.25) is 4.79 Å². The van der Waals surface area contributed by atoms with Crippen molar-refractivity contribution in [3.63, 3.8) is 0 Å². The lowest BCUT2D eigenvalue weighted by Crippen LogP contribution is -2.12. The van der Waals surface area contributed by atoms with Crippen molar-refractivity contribution in [1.29, 1.82) is 0 Å². The van der Waals surface area contributed by atoms with Gasteiger partial charge in [-0.1, -0.05) is 22.9 Å². The fourth-order valence-electron chi connectivity index (χ4n) is 3.56. The van der Waals surface area contributed by atoms with Gasteiger partial charge in [0, 0.05) is 40.8 Å². The summed E-state index contributed by atoms with van der Waals surface area (Å²) >= 11 is 0. The first kappa shape index (κ1) is 23.0. The highest BCUT2D eigenvalue weighted by Crippen LogP contribution is 2.21. The van der Waals surface area contributed by atoms with E-state index in [1.54, 1.807) is 0 Å². The SMILES string of the molecule is Cc1ccc(Nc2nc(C)cc(Nc3ccc(NC(=O)CCc4c(C)noc4C)cc3)n2)cc1. The maximum absolute atomic E-state index is 12.3. The predicted octanol–water partition coefficient (Wildman–Crippen LogP) is 5.76. The molecule has 0 atom stereocenters. The van der Waals surface area contributed by atoms with E-state index in [-0.39, 0.29) is 5.91 Å². The van der Waals surface area contributed by atoms with Crippen LogP contribution in [0.5, 0.6) is 0 Å². The second-order valence-corrected chi connectivity index (χ2v) is 8.26. The number of carbonyl (C=O) groups excluding carboxylic acids is 1. The van der Waals surface area contributed by atoms with Crippen molar-refractivity contribution in [2.45, 2.75) is 40.5 Å². The minimum absolute atomic E-state index is 0.0565. The van der Waals surface area contributed by atoms with E-state index >= 15 is 0 Å². The van der Waals surface area contributed by atoms with Crippen LogP contribution < -0.4 is 16.0 Å². The van der Waals surface area contributed by atoms with E-state index in [2.05, 4.69) is 31.1 Å². The highest BCUT2D eigenvalue weighted by Gasteiger charge is 2.11. The summed E-state index contributed by atoms with van der Waals surface area (Å²) in [5.74, 6) is 1.91. The highest BCUT2D eigenvalue weighted by atomic mass is 16.5. The number of aromatic nitrogens is 3. The molecule has 8 heteroatoms. The van der Waals surface area contributed by atoms with Gasteiger partial charge in [0.05, 0.1) is 5.69 Å². The lowest BCUT2D eigenvalue weighted by molar-refractivity contribution is -0.116. The number of hydrogen-bond donors (Lipinski definition) is 3. The topological polar surface area (TPSA) is 105 Å². The van der Waals surface area contributed by atoms with Crippen LogP contribution in [-0.2, 0) is 11.2 Å². The molecule has 4 aromatic rings. The molecule has 34 heavy (non-hydrogen) atoms. The minimum atomic E-state index is -0.0565. The van der Waals surface area contributed by atoms with Crippen molar-refractivity contribution in [2.24, 2.45) is 0 Å². The fraction of sp³-hybridized carbons (Fsp3) is 0.231. The second kappa shape index (κ2) is 10.2. The quantitative estimate of drug-likeness (QED) is 0.310. The molecular weight excluding hydrogens is 428 g/mol. The predicted molar refractivity (Wildman–Crippen MR) is 134 cm³/mol. The van der Waals surface area contributed by atoms with Crippen molar-refractivity contribution in [3.05, 3.63) is 82.9 Å². The van der Waals surface area contributed by atoms with Gasteiger partial charge in [-0.25, -0.2) is 4.98 Å². The van der Waals surface area contributed by atoms with Gasteiger partial charge < -0.3 is 20.5 Å². The van der Waals surface area contributed by atoms with Crippen LogP contribution in [0.1, 0.15) is 34.7 Å². The zero-order valence-electron chi connectivity index (χ0n) is 19.8. The molecule has 0 radical (unpaired) electrons. The molecule has 0 unspecified atom stereocenters. The molecule has 1 amide bonds. The number of amides is 1. The van der Waals surface area contributed by atoms with E-state index in [1.165, 1.54) is 5.56 Å². The van der Waals surface area contributed by atoms with Crippen molar-refractivity contribution in [1.82, 2.24) is 15.1 Å². The second-order valence-electron chi connectivity index (χ2n) is 8.26. The van der Waals surface area contributed by atoms with Crippen LogP contribution in [0, 0.1) is 27.7 Å². The van der Waals surface area contributed by atoms with Gasteiger partial charge in [-0.15, -0.1) is 0 Å². The van der Waals surface area contributed by atoms with Crippen LogP contribution in [0.15, 0.2) is 59.1 Å². The van der Waals surface area contributed by atoms with E-state index in [0.29, 0.717) is 24.6 Å². The van der Waals surface area contributed by atoms with Crippen molar-refractivity contribution < 1.29 is 9.32 Å². The summed E-state index contributed by atoms with van der Waals surface area (Å²) in [6.07, 6.45) is 0.957. The van der Waals surface area contributed by atoms with Gasteiger partial charge in [0.15, 0.2) is 0 Å². The van der Waals surface area contributed by atoms with Crippen LogP contribution in [0.3, 0.4) is 0 Å². The summed E-state index contributed by atoms with van der Waals surface area (Å²) in [5.41, 5.74) is 6.37. The Hall–Kier alpha value is -4.20. The first-order chi connectivity index (χ1) is 16.4. The molecule has 0 saturated carbocycles. The fourth-order valence-corrected chi connectivity index (χ4v) is 3.56. The molecule has 2 aromatic carbocycles. The third-order valence-electron chi connectivity index (χ3n) is 5.39. The van der Waals surface area contributed by atoms with E-state index in [9.17, 15) is 4.79 Å². The Morgan fingerprint density at radius 1 is 0.853 bits per heavy atom. The number of carbonyl (C=O) groups is 1. The molecule has 0 fully saturated rings. The first-order valence-electron chi connectivity index (χ1n) is 11.1. The average molecular weight is 457 g/mol. The Kier molecular flexibility index (Phi) is 6.87. The first-order valence-corrected chi connectivity index (χ1v) is 11.1. The number of benzene rings is 2. The van der Waals surface area contributed by atoms with Gasteiger partial charge in [0.1, 0.15) is 11.6 Å². The maximum atomic E-state index is 12.3. The Morgan fingerprint density at radius 3 is 2.18 bits per heavy atom. The molecule has 0 spiro atoms. The number of anilines is 5. The molecule has 0 bridgehead atoms. The summed E-state index contributed by atoms with van der Waals surface area (Å²) in [4.78, 5) is 21.4. The minimum Gasteiger partial charge on any atom is -0.361 e. The van der Waals surface area contributed by atoms with Crippen LogP contribution >= 0.6 is 0 Å². The molecule has 2 heterocycles. The Labute approximate surface area is 198 Å². The molecule has 3 N–H and O–H groups in total.